The van der Waals surface area contributed by atoms with Crippen molar-refractivity contribution in [1.82, 2.24) is 0 Å². The topological polar surface area (TPSA) is 3.24 Å². The maximum atomic E-state index is 2.44. The molecule has 0 radical (unpaired) electrons. The predicted molar refractivity (Wildman–Crippen MR) is 220 cm³/mol. The summed E-state index contributed by atoms with van der Waals surface area (Å²) < 4.78 is 0. The van der Waals surface area contributed by atoms with Gasteiger partial charge in [0.25, 0.3) is 0 Å². The van der Waals surface area contributed by atoms with Crippen LogP contribution in [0.15, 0.2) is 200 Å². The van der Waals surface area contributed by atoms with Gasteiger partial charge in [0.1, 0.15) is 0 Å². The Labute approximate surface area is 297 Å². The molecule has 1 heteroatoms. The Kier molecular flexibility index (Phi) is 6.89. The molecule has 0 saturated heterocycles. The molecular weight excluding hydrogens is 615 g/mol. The summed E-state index contributed by atoms with van der Waals surface area (Å²) in [4.78, 5) is 2.44. The van der Waals surface area contributed by atoms with E-state index in [1.807, 2.05) is 0 Å². The molecule has 10 aromatic rings. The Balaban J connectivity index is 1.20. The number of fused-ring (bicyclic) bond motifs is 8. The molecule has 0 fully saturated rings. The summed E-state index contributed by atoms with van der Waals surface area (Å²) in [6.45, 7) is 0. The molecule has 0 aromatic heterocycles. The van der Waals surface area contributed by atoms with Gasteiger partial charge >= 0.3 is 0 Å². The van der Waals surface area contributed by atoms with Crippen LogP contribution in [0, 0.1) is 0 Å². The minimum absolute atomic E-state index is 1.11. The van der Waals surface area contributed by atoms with Gasteiger partial charge in [0.15, 0.2) is 0 Å². The molecule has 0 spiro atoms. The quantitative estimate of drug-likeness (QED) is 0.168. The number of benzene rings is 10. The lowest BCUT2D eigenvalue weighted by Gasteiger charge is -2.29. The zero-order chi connectivity index (χ0) is 33.7. The van der Waals surface area contributed by atoms with Crippen LogP contribution in [0.1, 0.15) is 0 Å². The molecule has 0 heterocycles. The van der Waals surface area contributed by atoms with E-state index < -0.39 is 0 Å². The highest BCUT2D eigenvalue weighted by atomic mass is 15.1. The summed E-state index contributed by atoms with van der Waals surface area (Å²) in [7, 11) is 0. The molecule has 51 heavy (non-hydrogen) atoms. The molecule has 0 bridgehead atoms. The number of para-hydroxylation sites is 1. The Morgan fingerprint density at radius 1 is 0.255 bits per heavy atom. The largest absolute Gasteiger partial charge is 0.310 e. The average molecular weight is 648 g/mol. The molecular formula is C50H33N. The molecule has 10 rings (SSSR count). The number of rotatable bonds is 5. The summed E-state index contributed by atoms with van der Waals surface area (Å²) in [5.74, 6) is 0. The van der Waals surface area contributed by atoms with Gasteiger partial charge in [-0.3, -0.25) is 0 Å². The van der Waals surface area contributed by atoms with Gasteiger partial charge in [-0.25, -0.2) is 0 Å². The first-order chi connectivity index (χ1) is 25.3. The lowest BCUT2D eigenvalue weighted by atomic mass is 9.93. The maximum absolute atomic E-state index is 2.44. The molecule has 0 aliphatic rings. The Morgan fingerprint density at radius 2 is 0.765 bits per heavy atom. The van der Waals surface area contributed by atoms with E-state index in [-0.39, 0.29) is 0 Å². The van der Waals surface area contributed by atoms with Crippen LogP contribution in [-0.4, -0.2) is 0 Å². The van der Waals surface area contributed by atoms with Crippen LogP contribution in [0.3, 0.4) is 0 Å². The van der Waals surface area contributed by atoms with Crippen LogP contribution in [0.4, 0.5) is 17.1 Å². The van der Waals surface area contributed by atoms with E-state index in [2.05, 4.69) is 205 Å². The summed E-state index contributed by atoms with van der Waals surface area (Å²) in [6.07, 6.45) is 0. The number of nitrogens with zero attached hydrogens (tertiary/aromatic N) is 1. The molecule has 0 aliphatic heterocycles. The van der Waals surface area contributed by atoms with Crippen molar-refractivity contribution in [2.75, 3.05) is 4.90 Å². The van der Waals surface area contributed by atoms with Crippen LogP contribution in [-0.2, 0) is 0 Å². The van der Waals surface area contributed by atoms with Gasteiger partial charge in [0, 0.05) is 16.9 Å². The monoisotopic (exact) mass is 647 g/mol. The summed E-state index contributed by atoms with van der Waals surface area (Å²) in [5.41, 5.74) is 8.19. The molecule has 1 nitrogen and oxygen atoms in total. The van der Waals surface area contributed by atoms with E-state index in [9.17, 15) is 0 Å². The summed E-state index contributed by atoms with van der Waals surface area (Å²) >= 11 is 0. The van der Waals surface area contributed by atoms with Crippen molar-refractivity contribution in [2.45, 2.75) is 0 Å². The fraction of sp³-hybridized carbons (Fsp3) is 0. The third-order valence-electron chi connectivity index (χ3n) is 10.4. The highest BCUT2D eigenvalue weighted by Gasteiger charge is 2.20. The van der Waals surface area contributed by atoms with Gasteiger partial charge in [-0.05, 0) is 107 Å². The van der Waals surface area contributed by atoms with Crippen molar-refractivity contribution in [3.05, 3.63) is 200 Å². The van der Waals surface area contributed by atoms with Gasteiger partial charge in [-0.1, -0.05) is 164 Å². The molecule has 238 valence electrons. The maximum Gasteiger partial charge on any atom is 0.0540 e. The molecule has 0 N–H and O–H groups in total. The molecule has 0 saturated carbocycles. The van der Waals surface area contributed by atoms with Gasteiger partial charge in [0.2, 0.25) is 0 Å². The van der Waals surface area contributed by atoms with Gasteiger partial charge in [0.05, 0.1) is 5.69 Å². The van der Waals surface area contributed by atoms with Crippen LogP contribution in [0.2, 0.25) is 0 Å². The van der Waals surface area contributed by atoms with E-state index in [4.69, 9.17) is 0 Å². The first-order valence-corrected chi connectivity index (χ1v) is 17.6. The molecule has 10 aromatic carbocycles. The highest BCUT2D eigenvalue weighted by molar-refractivity contribution is 6.25. The van der Waals surface area contributed by atoms with Crippen molar-refractivity contribution in [1.29, 1.82) is 0 Å². The van der Waals surface area contributed by atoms with Gasteiger partial charge in [-0.2, -0.15) is 0 Å². The van der Waals surface area contributed by atoms with E-state index in [0.717, 1.165) is 17.1 Å². The third-order valence-corrected chi connectivity index (χ3v) is 10.4. The molecule has 0 unspecified atom stereocenters. The van der Waals surface area contributed by atoms with Crippen LogP contribution in [0.5, 0.6) is 0 Å². The second-order valence-electron chi connectivity index (χ2n) is 13.3. The van der Waals surface area contributed by atoms with E-state index in [0.29, 0.717) is 0 Å². The van der Waals surface area contributed by atoms with E-state index in [1.165, 1.54) is 76.1 Å². The SMILES string of the molecule is c1ccc(N(c2ccc(-c3ccc4ccccc4c3)cc2)c2ccc3c4ccccc4c4ccccc4c3c2)c(-c2cccc3ccccc23)c1. The van der Waals surface area contributed by atoms with Crippen LogP contribution in [0.25, 0.3) is 76.1 Å². The van der Waals surface area contributed by atoms with E-state index >= 15 is 0 Å². The molecule has 0 atom stereocenters. The van der Waals surface area contributed by atoms with Crippen LogP contribution >= 0.6 is 0 Å². The van der Waals surface area contributed by atoms with Gasteiger partial charge < -0.3 is 4.90 Å². The number of hydrogen-bond donors (Lipinski definition) is 0. The summed E-state index contributed by atoms with van der Waals surface area (Å²) in [5, 5.41) is 12.6. The third kappa shape index (κ3) is 4.94. The highest BCUT2D eigenvalue weighted by Crippen LogP contribution is 2.45. The standard InChI is InChI=1S/C50H33N/c1-2-14-37-32-38(25-24-34(37)12-1)35-26-28-39(29-27-35)51(50-23-10-9-21-48(50)42-22-11-15-36-13-3-4-16-41(36)42)40-30-31-47-45-19-6-5-17-43(45)44-18-7-8-20-46(44)49(47)33-40/h1-33H. The fourth-order valence-electron chi connectivity index (χ4n) is 7.99. The van der Waals surface area contributed by atoms with Crippen LogP contribution < -0.4 is 4.90 Å². The average Bonchev–Trinajstić information content (AvgIpc) is 3.21. The normalized spacial score (nSPS) is 11.5. The molecule has 0 amide bonds. The lowest BCUT2D eigenvalue weighted by Crippen LogP contribution is -2.11. The molecule has 0 aliphatic carbocycles. The number of hydrogen-bond acceptors (Lipinski definition) is 1. The Bertz CT molecular complexity index is 2880. The van der Waals surface area contributed by atoms with Gasteiger partial charge in [-0.15, -0.1) is 0 Å². The Morgan fingerprint density at radius 3 is 1.51 bits per heavy atom. The van der Waals surface area contributed by atoms with Crippen molar-refractivity contribution in [2.24, 2.45) is 0 Å². The van der Waals surface area contributed by atoms with Crippen molar-refractivity contribution in [3.63, 3.8) is 0 Å². The second kappa shape index (κ2) is 12.0. The lowest BCUT2D eigenvalue weighted by molar-refractivity contribution is 1.29. The van der Waals surface area contributed by atoms with Crippen molar-refractivity contribution < 1.29 is 0 Å². The first kappa shape index (κ1) is 29.2. The minimum atomic E-state index is 1.11. The summed E-state index contributed by atoms with van der Waals surface area (Å²) in [6, 6.07) is 73.1. The second-order valence-corrected chi connectivity index (χ2v) is 13.3. The predicted octanol–water partition coefficient (Wildman–Crippen LogP) is 14.3. The smallest absolute Gasteiger partial charge is 0.0540 e. The van der Waals surface area contributed by atoms with Crippen molar-refractivity contribution in [3.8, 4) is 22.3 Å². The van der Waals surface area contributed by atoms with E-state index in [1.54, 1.807) is 0 Å². The zero-order valence-corrected chi connectivity index (χ0v) is 28.0. The Hall–Kier alpha value is -6.70. The number of anilines is 3. The first-order valence-electron chi connectivity index (χ1n) is 17.6. The zero-order valence-electron chi connectivity index (χ0n) is 28.0. The van der Waals surface area contributed by atoms with Crippen molar-refractivity contribution >= 4 is 70.9 Å². The minimum Gasteiger partial charge on any atom is -0.310 e. The fourth-order valence-corrected chi connectivity index (χ4v) is 7.99.